The fraction of sp³-hybridized carbons (Fsp3) is 0.579. The van der Waals surface area contributed by atoms with Gasteiger partial charge in [-0.25, -0.2) is 9.98 Å². The van der Waals surface area contributed by atoms with Crippen molar-refractivity contribution in [3.63, 3.8) is 0 Å². The van der Waals surface area contributed by atoms with Gasteiger partial charge in [0, 0.05) is 43.7 Å². The van der Waals surface area contributed by atoms with Crippen molar-refractivity contribution in [3.8, 4) is 0 Å². The zero-order valence-corrected chi connectivity index (χ0v) is 18.1. The van der Waals surface area contributed by atoms with E-state index in [4.69, 9.17) is 9.98 Å². The minimum Gasteiger partial charge on any atom is -0.356 e. The van der Waals surface area contributed by atoms with E-state index in [2.05, 4.69) is 36.6 Å². The fourth-order valence-corrected chi connectivity index (χ4v) is 3.88. The van der Waals surface area contributed by atoms with E-state index >= 15 is 0 Å². The second kappa shape index (κ2) is 8.30. The lowest BCUT2D eigenvalue weighted by Crippen LogP contribution is -2.55. The Balaban J connectivity index is 1.68. The van der Waals surface area contributed by atoms with Gasteiger partial charge in [0.1, 0.15) is 6.54 Å². The number of thiazole rings is 1. The van der Waals surface area contributed by atoms with E-state index in [1.54, 1.807) is 27.1 Å². The smallest absolute Gasteiger partial charge is 0.246 e. The SMILES string of the molecule is CCNC(=NCc1csc(C(C)(C)C)n1)N1CCN(c2cnn(C)c2)C(=O)C1. The summed E-state index contributed by atoms with van der Waals surface area (Å²) in [6, 6.07) is 0. The summed E-state index contributed by atoms with van der Waals surface area (Å²) in [6.45, 7) is 11.4. The van der Waals surface area contributed by atoms with Crippen molar-refractivity contribution in [2.45, 2.75) is 39.7 Å². The van der Waals surface area contributed by atoms with Crippen molar-refractivity contribution >= 4 is 28.9 Å². The Kier molecular flexibility index (Phi) is 6.02. The lowest BCUT2D eigenvalue weighted by atomic mass is 9.98. The first-order valence-corrected chi connectivity index (χ1v) is 10.4. The van der Waals surface area contributed by atoms with Crippen molar-refractivity contribution in [2.75, 3.05) is 31.1 Å². The monoisotopic (exact) mass is 403 g/mol. The first-order chi connectivity index (χ1) is 13.3. The number of piperazine rings is 1. The number of aryl methyl sites for hydroxylation is 1. The molecule has 0 atom stereocenters. The van der Waals surface area contributed by atoms with Gasteiger partial charge in [0.25, 0.3) is 0 Å². The highest BCUT2D eigenvalue weighted by Crippen LogP contribution is 2.25. The summed E-state index contributed by atoms with van der Waals surface area (Å²) in [4.78, 5) is 25.9. The molecule has 1 aliphatic heterocycles. The molecule has 0 aromatic carbocycles. The molecule has 1 N–H and O–H groups in total. The zero-order valence-electron chi connectivity index (χ0n) is 17.3. The number of carbonyl (C=O) groups excluding carboxylic acids is 1. The van der Waals surface area contributed by atoms with Gasteiger partial charge in [0.05, 0.1) is 29.1 Å². The molecule has 9 heteroatoms. The number of aliphatic imine (C=N–C) groups is 1. The maximum absolute atomic E-state index is 12.7. The topological polar surface area (TPSA) is 78.7 Å². The van der Waals surface area contributed by atoms with Crippen LogP contribution in [0, 0.1) is 0 Å². The van der Waals surface area contributed by atoms with Crippen LogP contribution < -0.4 is 10.2 Å². The Bertz CT molecular complexity index is 849. The predicted molar refractivity (Wildman–Crippen MR) is 113 cm³/mol. The number of nitrogens with zero attached hydrogens (tertiary/aromatic N) is 6. The van der Waals surface area contributed by atoms with E-state index in [9.17, 15) is 4.79 Å². The van der Waals surface area contributed by atoms with E-state index in [0.717, 1.165) is 35.4 Å². The van der Waals surface area contributed by atoms with E-state index < -0.39 is 0 Å². The van der Waals surface area contributed by atoms with Crippen LogP contribution in [0.5, 0.6) is 0 Å². The first-order valence-electron chi connectivity index (χ1n) is 9.55. The third-order valence-electron chi connectivity index (χ3n) is 4.44. The minimum atomic E-state index is 0.0478. The van der Waals surface area contributed by atoms with Crippen LogP contribution in [0.3, 0.4) is 0 Å². The largest absolute Gasteiger partial charge is 0.356 e. The van der Waals surface area contributed by atoms with Crippen molar-refractivity contribution in [1.29, 1.82) is 0 Å². The molecular formula is C19H29N7OS. The van der Waals surface area contributed by atoms with Gasteiger partial charge in [0.15, 0.2) is 5.96 Å². The maximum Gasteiger partial charge on any atom is 0.246 e. The molecule has 0 bridgehead atoms. The number of hydrogen-bond donors (Lipinski definition) is 1. The predicted octanol–water partition coefficient (Wildman–Crippen LogP) is 1.99. The molecule has 1 aliphatic rings. The van der Waals surface area contributed by atoms with E-state index in [1.807, 2.05) is 25.1 Å². The van der Waals surface area contributed by atoms with Crippen LogP contribution in [0.15, 0.2) is 22.8 Å². The molecule has 28 heavy (non-hydrogen) atoms. The molecule has 0 radical (unpaired) electrons. The molecule has 0 unspecified atom stereocenters. The molecule has 2 aromatic heterocycles. The summed E-state index contributed by atoms with van der Waals surface area (Å²) < 4.78 is 1.71. The Hall–Kier alpha value is -2.42. The molecule has 1 saturated heterocycles. The second-order valence-electron chi connectivity index (χ2n) is 7.90. The molecule has 152 valence electrons. The normalized spacial score (nSPS) is 16.0. The molecule has 1 fully saturated rings. The zero-order chi connectivity index (χ0) is 20.3. The highest BCUT2D eigenvalue weighted by atomic mass is 32.1. The van der Waals surface area contributed by atoms with Crippen molar-refractivity contribution < 1.29 is 4.79 Å². The molecule has 0 aliphatic carbocycles. The molecule has 1 amide bonds. The van der Waals surface area contributed by atoms with E-state index in [-0.39, 0.29) is 11.3 Å². The summed E-state index contributed by atoms with van der Waals surface area (Å²) in [5, 5.41) is 10.6. The average Bonchev–Trinajstić information content (AvgIpc) is 3.27. The van der Waals surface area contributed by atoms with Crippen LogP contribution >= 0.6 is 11.3 Å². The van der Waals surface area contributed by atoms with Crippen molar-refractivity contribution in [3.05, 3.63) is 28.5 Å². The number of nitrogens with one attached hydrogen (secondary N) is 1. The summed E-state index contributed by atoms with van der Waals surface area (Å²) in [5.74, 6) is 0.806. The summed E-state index contributed by atoms with van der Waals surface area (Å²) in [6.07, 6.45) is 3.59. The second-order valence-corrected chi connectivity index (χ2v) is 8.76. The van der Waals surface area contributed by atoms with Gasteiger partial charge in [0.2, 0.25) is 5.91 Å². The van der Waals surface area contributed by atoms with Gasteiger partial charge in [-0.05, 0) is 6.92 Å². The molecule has 3 heterocycles. The summed E-state index contributed by atoms with van der Waals surface area (Å²) >= 11 is 1.67. The number of amides is 1. The Morgan fingerprint density at radius 3 is 2.71 bits per heavy atom. The van der Waals surface area contributed by atoms with Gasteiger partial charge in [-0.15, -0.1) is 11.3 Å². The van der Waals surface area contributed by atoms with Crippen molar-refractivity contribution in [1.82, 2.24) is 25.0 Å². The highest BCUT2D eigenvalue weighted by Gasteiger charge is 2.27. The number of anilines is 1. The maximum atomic E-state index is 12.7. The van der Waals surface area contributed by atoms with Gasteiger partial charge in [-0.2, -0.15) is 5.10 Å². The number of hydrogen-bond acceptors (Lipinski definition) is 5. The third kappa shape index (κ3) is 4.70. The van der Waals surface area contributed by atoms with Gasteiger partial charge >= 0.3 is 0 Å². The number of guanidine groups is 1. The van der Waals surface area contributed by atoms with E-state index in [0.29, 0.717) is 19.6 Å². The molecule has 8 nitrogen and oxygen atoms in total. The Morgan fingerprint density at radius 1 is 1.36 bits per heavy atom. The Labute approximate surface area is 170 Å². The lowest BCUT2D eigenvalue weighted by Gasteiger charge is -2.35. The molecule has 2 aromatic rings. The third-order valence-corrected chi connectivity index (χ3v) is 5.76. The van der Waals surface area contributed by atoms with Crippen LogP contribution in [0.25, 0.3) is 0 Å². The van der Waals surface area contributed by atoms with Crippen molar-refractivity contribution in [2.24, 2.45) is 12.0 Å². The van der Waals surface area contributed by atoms with Gasteiger partial charge in [-0.1, -0.05) is 20.8 Å². The van der Waals surface area contributed by atoms with Gasteiger partial charge < -0.3 is 15.1 Å². The summed E-state index contributed by atoms with van der Waals surface area (Å²) in [5.41, 5.74) is 1.85. The highest BCUT2D eigenvalue weighted by molar-refractivity contribution is 7.09. The summed E-state index contributed by atoms with van der Waals surface area (Å²) in [7, 11) is 1.85. The first kappa shape index (κ1) is 20.3. The van der Waals surface area contributed by atoms with Crippen LogP contribution in [0.4, 0.5) is 5.69 Å². The van der Waals surface area contributed by atoms with Crippen LogP contribution in [-0.2, 0) is 23.8 Å². The van der Waals surface area contributed by atoms with Crippen LogP contribution in [0.2, 0.25) is 0 Å². The average molecular weight is 404 g/mol. The van der Waals surface area contributed by atoms with Crippen LogP contribution in [0.1, 0.15) is 38.4 Å². The van der Waals surface area contributed by atoms with Crippen LogP contribution in [-0.4, -0.2) is 57.7 Å². The number of aromatic nitrogens is 3. The number of rotatable bonds is 4. The number of carbonyl (C=O) groups is 1. The molecule has 0 saturated carbocycles. The van der Waals surface area contributed by atoms with Gasteiger partial charge in [-0.3, -0.25) is 9.48 Å². The lowest BCUT2D eigenvalue weighted by molar-refractivity contribution is -0.120. The van der Waals surface area contributed by atoms with E-state index in [1.165, 1.54) is 0 Å². The molecule has 0 spiro atoms. The molecule has 3 rings (SSSR count). The fourth-order valence-electron chi connectivity index (χ4n) is 2.98. The molecular weight excluding hydrogens is 374 g/mol. The Morgan fingerprint density at radius 2 is 2.14 bits per heavy atom. The minimum absolute atomic E-state index is 0.0478. The standard InChI is InChI=1S/C19H29N7OS/c1-6-20-18(21-9-14-13-28-17(23-14)19(2,3)4)25-7-8-26(16(27)12-25)15-10-22-24(5)11-15/h10-11,13H,6-9,12H2,1-5H3,(H,20,21). The quantitative estimate of drug-likeness (QED) is 0.624.